The Bertz CT molecular complexity index is 895. The number of fused-ring (bicyclic) bond motifs is 1. The number of rotatable bonds is 4. The molecule has 0 aliphatic rings. The van der Waals surface area contributed by atoms with Crippen molar-refractivity contribution in [2.24, 2.45) is 0 Å². The lowest BCUT2D eigenvalue weighted by atomic mass is 10.0. The normalized spacial score (nSPS) is 11.0. The summed E-state index contributed by atoms with van der Waals surface area (Å²) in [6.45, 7) is 6.15. The third kappa shape index (κ3) is 2.89. The number of methoxy groups -OCH3 is 1. The van der Waals surface area contributed by atoms with Crippen molar-refractivity contribution in [3.05, 3.63) is 64.1 Å². The lowest BCUT2D eigenvalue weighted by Gasteiger charge is -2.05. The smallest absolute Gasteiger partial charge is 0.337 e. The van der Waals surface area contributed by atoms with E-state index < -0.39 is 0 Å². The second-order valence-electron chi connectivity index (χ2n) is 5.92. The Morgan fingerprint density at radius 2 is 1.92 bits per heavy atom. The van der Waals surface area contributed by atoms with Crippen LogP contribution in [0.4, 0.5) is 0 Å². The van der Waals surface area contributed by atoms with Gasteiger partial charge in [0.05, 0.1) is 18.4 Å². The number of nitrogens with zero attached hydrogens (tertiary/aromatic N) is 3. The van der Waals surface area contributed by atoms with E-state index in [1.807, 2.05) is 36.6 Å². The zero-order valence-electron chi connectivity index (χ0n) is 14.5. The lowest BCUT2D eigenvalue weighted by Crippen LogP contribution is -2.01. The minimum atomic E-state index is -0.320. The van der Waals surface area contributed by atoms with Crippen LogP contribution in [-0.4, -0.2) is 27.7 Å². The Morgan fingerprint density at radius 3 is 2.54 bits per heavy atom. The number of hydrogen-bond acceptors (Lipinski definition) is 4. The number of carbonyl (C=O) groups excluding carboxylic acids is 1. The second kappa shape index (κ2) is 6.43. The van der Waals surface area contributed by atoms with Gasteiger partial charge in [0.1, 0.15) is 0 Å². The van der Waals surface area contributed by atoms with E-state index >= 15 is 0 Å². The van der Waals surface area contributed by atoms with Crippen LogP contribution in [0.1, 0.15) is 45.5 Å². The van der Waals surface area contributed by atoms with Crippen LogP contribution in [-0.2, 0) is 17.6 Å². The monoisotopic (exact) mass is 323 g/mol. The van der Waals surface area contributed by atoms with Gasteiger partial charge >= 0.3 is 5.97 Å². The molecule has 124 valence electrons. The summed E-state index contributed by atoms with van der Waals surface area (Å²) in [4.78, 5) is 16.2. The van der Waals surface area contributed by atoms with Crippen molar-refractivity contribution >= 4 is 11.6 Å². The molecule has 0 bridgehead atoms. The summed E-state index contributed by atoms with van der Waals surface area (Å²) in [5.41, 5.74) is 6.88. The fraction of sp³-hybridized carbons (Fsp3) is 0.316. The maximum absolute atomic E-state index is 11.5. The largest absolute Gasteiger partial charge is 0.465 e. The molecule has 0 N–H and O–H groups in total. The molecule has 0 saturated heterocycles. The highest BCUT2D eigenvalue weighted by atomic mass is 16.5. The Balaban J connectivity index is 2.01. The molecule has 0 spiro atoms. The Morgan fingerprint density at radius 1 is 1.21 bits per heavy atom. The van der Waals surface area contributed by atoms with Crippen molar-refractivity contribution < 1.29 is 9.53 Å². The molecule has 2 aromatic heterocycles. The summed E-state index contributed by atoms with van der Waals surface area (Å²) in [6, 6.07) is 9.54. The highest BCUT2D eigenvalue weighted by Crippen LogP contribution is 2.21. The van der Waals surface area contributed by atoms with Crippen molar-refractivity contribution in [2.45, 2.75) is 33.6 Å². The van der Waals surface area contributed by atoms with Crippen LogP contribution in [0.3, 0.4) is 0 Å². The van der Waals surface area contributed by atoms with Crippen molar-refractivity contribution in [1.29, 1.82) is 0 Å². The topological polar surface area (TPSA) is 56.5 Å². The van der Waals surface area contributed by atoms with E-state index in [0.717, 1.165) is 46.7 Å². The number of hydrogen-bond donors (Lipinski definition) is 0. The molecule has 2 heterocycles. The number of esters is 1. The summed E-state index contributed by atoms with van der Waals surface area (Å²) >= 11 is 0. The molecule has 0 radical (unpaired) electrons. The Labute approximate surface area is 141 Å². The zero-order valence-corrected chi connectivity index (χ0v) is 14.5. The molecular formula is C19H21N3O2. The van der Waals surface area contributed by atoms with Gasteiger partial charge in [-0.3, -0.25) is 0 Å². The molecule has 0 unspecified atom stereocenters. The molecule has 0 amide bonds. The van der Waals surface area contributed by atoms with Crippen LogP contribution in [0.2, 0.25) is 0 Å². The first-order valence-corrected chi connectivity index (χ1v) is 8.05. The third-order valence-corrected chi connectivity index (χ3v) is 4.16. The SMILES string of the molecule is CCc1nn2c(C)cc(C)nc2c1Cc1ccc(C(=O)OC)cc1. The van der Waals surface area contributed by atoms with Gasteiger partial charge in [0, 0.05) is 23.4 Å². The first-order chi connectivity index (χ1) is 11.5. The molecule has 0 atom stereocenters. The van der Waals surface area contributed by atoms with E-state index in [0.29, 0.717) is 5.56 Å². The molecule has 5 heteroatoms. The van der Waals surface area contributed by atoms with Crippen LogP contribution in [0.25, 0.3) is 5.65 Å². The average Bonchev–Trinajstić information content (AvgIpc) is 2.93. The van der Waals surface area contributed by atoms with E-state index in [9.17, 15) is 4.79 Å². The molecule has 3 aromatic rings. The van der Waals surface area contributed by atoms with Gasteiger partial charge < -0.3 is 4.74 Å². The predicted molar refractivity (Wildman–Crippen MR) is 92.4 cm³/mol. The molecule has 5 nitrogen and oxygen atoms in total. The van der Waals surface area contributed by atoms with Gasteiger partial charge in [-0.25, -0.2) is 14.3 Å². The summed E-state index contributed by atoms with van der Waals surface area (Å²) < 4.78 is 6.66. The fourth-order valence-electron chi connectivity index (χ4n) is 2.95. The van der Waals surface area contributed by atoms with Gasteiger partial charge in [0.25, 0.3) is 0 Å². The van der Waals surface area contributed by atoms with Crippen LogP contribution in [0.15, 0.2) is 30.3 Å². The molecule has 0 aliphatic heterocycles. The predicted octanol–water partition coefficient (Wildman–Crippen LogP) is 3.29. The summed E-state index contributed by atoms with van der Waals surface area (Å²) in [5.74, 6) is -0.320. The van der Waals surface area contributed by atoms with E-state index in [2.05, 4.69) is 11.9 Å². The van der Waals surface area contributed by atoms with Gasteiger partial charge in [0.2, 0.25) is 0 Å². The van der Waals surface area contributed by atoms with Crippen molar-refractivity contribution in [3.63, 3.8) is 0 Å². The lowest BCUT2D eigenvalue weighted by molar-refractivity contribution is 0.0600. The van der Waals surface area contributed by atoms with Crippen LogP contribution in [0.5, 0.6) is 0 Å². The van der Waals surface area contributed by atoms with Crippen molar-refractivity contribution in [3.8, 4) is 0 Å². The van der Waals surface area contributed by atoms with Gasteiger partial charge in [0.15, 0.2) is 5.65 Å². The van der Waals surface area contributed by atoms with Crippen molar-refractivity contribution in [2.75, 3.05) is 7.11 Å². The fourth-order valence-corrected chi connectivity index (χ4v) is 2.95. The highest BCUT2D eigenvalue weighted by molar-refractivity contribution is 5.89. The molecule has 0 aliphatic carbocycles. The van der Waals surface area contributed by atoms with Gasteiger partial charge in [-0.15, -0.1) is 0 Å². The number of benzene rings is 1. The van der Waals surface area contributed by atoms with E-state index in [1.165, 1.54) is 7.11 Å². The van der Waals surface area contributed by atoms with Gasteiger partial charge in [-0.1, -0.05) is 19.1 Å². The van der Waals surface area contributed by atoms with E-state index in [1.54, 1.807) is 12.1 Å². The van der Waals surface area contributed by atoms with Crippen LogP contribution in [0, 0.1) is 13.8 Å². The Hall–Kier alpha value is -2.69. The minimum absolute atomic E-state index is 0.320. The molecule has 0 fully saturated rings. The summed E-state index contributed by atoms with van der Waals surface area (Å²) in [7, 11) is 1.39. The summed E-state index contributed by atoms with van der Waals surface area (Å²) in [6.07, 6.45) is 1.60. The maximum Gasteiger partial charge on any atom is 0.337 e. The van der Waals surface area contributed by atoms with Gasteiger partial charge in [-0.2, -0.15) is 5.10 Å². The summed E-state index contributed by atoms with van der Waals surface area (Å²) in [5, 5.41) is 4.71. The second-order valence-corrected chi connectivity index (χ2v) is 5.92. The Kier molecular flexibility index (Phi) is 4.34. The highest BCUT2D eigenvalue weighted by Gasteiger charge is 2.15. The molecule has 0 saturated carbocycles. The van der Waals surface area contributed by atoms with Crippen LogP contribution < -0.4 is 0 Å². The first-order valence-electron chi connectivity index (χ1n) is 8.05. The maximum atomic E-state index is 11.5. The third-order valence-electron chi connectivity index (χ3n) is 4.16. The van der Waals surface area contributed by atoms with Gasteiger partial charge in [-0.05, 0) is 44.0 Å². The van der Waals surface area contributed by atoms with E-state index in [4.69, 9.17) is 9.84 Å². The molecule has 24 heavy (non-hydrogen) atoms. The average molecular weight is 323 g/mol. The number of carbonyl (C=O) groups is 1. The first kappa shape index (κ1) is 16.2. The van der Waals surface area contributed by atoms with E-state index in [-0.39, 0.29) is 5.97 Å². The quantitative estimate of drug-likeness (QED) is 0.691. The van der Waals surface area contributed by atoms with Crippen molar-refractivity contribution in [1.82, 2.24) is 14.6 Å². The molecular weight excluding hydrogens is 302 g/mol. The number of aryl methyl sites for hydroxylation is 3. The van der Waals surface area contributed by atoms with Crippen LogP contribution >= 0.6 is 0 Å². The standard InChI is InChI=1S/C19H21N3O2/c1-5-17-16(18-20-12(2)10-13(3)22(18)21-17)11-14-6-8-15(9-7-14)19(23)24-4/h6-10H,5,11H2,1-4H3. The number of ether oxygens (including phenoxy) is 1. The molecule has 1 aromatic carbocycles. The minimum Gasteiger partial charge on any atom is -0.465 e. The number of aromatic nitrogens is 3. The molecule has 3 rings (SSSR count). The zero-order chi connectivity index (χ0) is 17.3.